The molecule has 0 radical (unpaired) electrons. The average molecular weight is 599 g/mol. The van der Waals surface area contributed by atoms with Gasteiger partial charge in [0.25, 0.3) is 0 Å². The van der Waals surface area contributed by atoms with E-state index in [0.29, 0.717) is 0 Å². The first-order valence-corrected chi connectivity index (χ1v) is 13.7. The minimum absolute atomic E-state index is 0. The van der Waals surface area contributed by atoms with Gasteiger partial charge in [-0.2, -0.15) is 11.6 Å². The molecule has 0 saturated heterocycles. The second-order valence-electron chi connectivity index (χ2n) is 9.10. The van der Waals surface area contributed by atoms with Crippen molar-refractivity contribution in [1.29, 1.82) is 0 Å². The molecule has 0 saturated carbocycles. The fourth-order valence-electron chi connectivity index (χ4n) is 5.26. The Balaban J connectivity index is 0.00000171. The zero-order valence-electron chi connectivity index (χ0n) is 21.3. The Bertz CT molecular complexity index is 1270. The molecule has 0 nitrogen and oxygen atoms in total. The van der Waals surface area contributed by atoms with Crippen molar-refractivity contribution in [1.82, 2.24) is 0 Å². The number of benzene rings is 4. The van der Waals surface area contributed by atoms with Crippen molar-refractivity contribution in [3.8, 4) is 0 Å². The van der Waals surface area contributed by atoms with E-state index in [4.69, 9.17) is 0 Å². The van der Waals surface area contributed by atoms with Crippen molar-refractivity contribution in [3.05, 3.63) is 143 Å². The Kier molecular flexibility index (Phi) is 12.9. The van der Waals surface area contributed by atoms with E-state index in [1.807, 2.05) is 0 Å². The van der Waals surface area contributed by atoms with Crippen LogP contribution in [0.4, 0.5) is 0 Å². The zero-order chi connectivity index (χ0) is 22.8. The molecule has 0 amide bonds. The number of aryl methyl sites for hydroxylation is 3. The molecule has 0 atom stereocenters. The van der Waals surface area contributed by atoms with Crippen LogP contribution in [-0.2, 0) is 21.7 Å². The topological polar surface area (TPSA) is 0 Å². The normalized spacial score (nSPS) is 12.1. The van der Waals surface area contributed by atoms with Crippen molar-refractivity contribution >= 4 is 66.4 Å². The molecule has 1 aliphatic carbocycles. The number of rotatable bonds is 5. The van der Waals surface area contributed by atoms with Gasteiger partial charge in [0.05, 0.1) is 0 Å². The van der Waals surface area contributed by atoms with Crippen molar-refractivity contribution in [2.75, 3.05) is 0 Å². The van der Waals surface area contributed by atoms with Crippen molar-refractivity contribution in [2.45, 2.75) is 27.2 Å². The molecule has 5 rings (SSSR count). The standard InChI is InChI=1S/C32H29Si.3ClH.Ti/c1-24-11-7-16-28(21-24)33(29-17-8-12-25(2)22-29,30-18-9-13-26(3)23-30)32-20-10-19-31(32)27-14-5-4-6-15-27;;;;/h4-9,11-18,20-23H,10H2,1-3H3;3*1H;/q-1;;;;. The minimum atomic E-state index is -2.57. The van der Waals surface area contributed by atoms with E-state index in [1.165, 1.54) is 48.6 Å². The first kappa shape index (κ1) is 33.2. The average Bonchev–Trinajstić information content (AvgIpc) is 3.31. The van der Waals surface area contributed by atoms with E-state index >= 15 is 0 Å². The van der Waals surface area contributed by atoms with Crippen LogP contribution in [0.15, 0.2) is 114 Å². The SMILES string of the molecule is Cc1cccc([Si](C2=CC[C-]=C2c2ccccc2)(c2cccc(C)c2)c2cccc(C)c2)c1.Cl.Cl.Cl.[Ti]. The first-order valence-electron chi connectivity index (χ1n) is 11.7. The van der Waals surface area contributed by atoms with E-state index in [-0.39, 0.29) is 58.9 Å². The van der Waals surface area contributed by atoms with E-state index in [0.717, 1.165) is 6.42 Å². The summed E-state index contributed by atoms with van der Waals surface area (Å²) in [5, 5.41) is 5.75. The smallest absolute Gasteiger partial charge is 0.123 e. The van der Waals surface area contributed by atoms with Gasteiger partial charge in [-0.1, -0.05) is 130 Å². The Labute approximate surface area is 256 Å². The summed E-state index contributed by atoms with van der Waals surface area (Å²) in [6.07, 6.45) is 7.05. The van der Waals surface area contributed by atoms with Crippen LogP contribution in [0, 0.1) is 26.8 Å². The predicted octanol–water partition coefficient (Wildman–Crippen LogP) is 7.10. The van der Waals surface area contributed by atoms with Gasteiger partial charge in [-0.15, -0.1) is 66.2 Å². The van der Waals surface area contributed by atoms with Gasteiger partial charge < -0.3 is 0 Å². The molecule has 1 aliphatic rings. The molecular weight excluding hydrogens is 567 g/mol. The molecule has 0 unspecified atom stereocenters. The summed E-state index contributed by atoms with van der Waals surface area (Å²) in [5.41, 5.74) is 6.44. The van der Waals surface area contributed by atoms with Gasteiger partial charge in [0.2, 0.25) is 0 Å². The van der Waals surface area contributed by atoms with Gasteiger partial charge in [-0.3, -0.25) is 0 Å². The van der Waals surface area contributed by atoms with Crippen LogP contribution in [0.5, 0.6) is 0 Å². The molecule has 37 heavy (non-hydrogen) atoms. The molecule has 0 aromatic heterocycles. The zero-order valence-corrected chi connectivity index (χ0v) is 26.3. The van der Waals surface area contributed by atoms with E-state index in [1.54, 1.807) is 0 Å². The molecule has 0 bridgehead atoms. The molecule has 0 fully saturated rings. The Hall–Kier alpha value is -1.84. The summed E-state index contributed by atoms with van der Waals surface area (Å²) in [4.78, 5) is 0. The summed E-state index contributed by atoms with van der Waals surface area (Å²) >= 11 is 0. The number of hydrogen-bond donors (Lipinski definition) is 0. The molecule has 190 valence electrons. The van der Waals surface area contributed by atoms with Crippen LogP contribution >= 0.6 is 37.2 Å². The Morgan fingerprint density at radius 1 is 0.568 bits per heavy atom. The molecule has 4 aromatic carbocycles. The van der Waals surface area contributed by atoms with E-state index in [2.05, 4.69) is 136 Å². The quantitative estimate of drug-likeness (QED) is 0.131. The van der Waals surface area contributed by atoms with Crippen LogP contribution in [0.2, 0.25) is 0 Å². The molecule has 0 aliphatic heterocycles. The number of allylic oxidation sites excluding steroid dienone is 4. The Morgan fingerprint density at radius 3 is 1.41 bits per heavy atom. The summed E-state index contributed by atoms with van der Waals surface area (Å²) < 4.78 is 0. The van der Waals surface area contributed by atoms with Gasteiger partial charge in [0.1, 0.15) is 8.07 Å². The van der Waals surface area contributed by atoms with Crippen LogP contribution < -0.4 is 15.6 Å². The molecule has 0 heterocycles. The summed E-state index contributed by atoms with van der Waals surface area (Å²) in [7, 11) is -2.57. The summed E-state index contributed by atoms with van der Waals surface area (Å²) in [6, 6.07) is 38.4. The number of halogens is 3. The fraction of sp³-hybridized carbons (Fsp3) is 0.125. The van der Waals surface area contributed by atoms with Crippen LogP contribution in [0.25, 0.3) is 5.57 Å². The first-order chi connectivity index (χ1) is 16.1. The second-order valence-corrected chi connectivity index (χ2v) is 12.9. The maximum atomic E-state index is 3.74. The van der Waals surface area contributed by atoms with Gasteiger partial charge >= 0.3 is 0 Å². The van der Waals surface area contributed by atoms with Crippen LogP contribution in [0.3, 0.4) is 0 Å². The van der Waals surface area contributed by atoms with Crippen LogP contribution in [0.1, 0.15) is 28.7 Å². The minimum Gasteiger partial charge on any atom is -0.197 e. The predicted molar refractivity (Wildman–Crippen MR) is 166 cm³/mol. The monoisotopic (exact) mass is 597 g/mol. The molecule has 5 heteroatoms. The van der Waals surface area contributed by atoms with Gasteiger partial charge in [0.15, 0.2) is 0 Å². The fourth-order valence-corrected chi connectivity index (χ4v) is 10.6. The molecule has 4 aromatic rings. The molecular formula is C32H32Cl3SiTi-. The molecule has 0 spiro atoms. The van der Waals surface area contributed by atoms with Gasteiger partial charge in [-0.25, -0.2) is 0 Å². The maximum absolute atomic E-state index is 3.74. The largest absolute Gasteiger partial charge is 0.197 e. The van der Waals surface area contributed by atoms with Gasteiger partial charge in [0, 0.05) is 21.7 Å². The number of hydrogen-bond acceptors (Lipinski definition) is 0. The molecule has 0 N–H and O–H groups in total. The Morgan fingerprint density at radius 2 is 1.00 bits per heavy atom. The van der Waals surface area contributed by atoms with Crippen molar-refractivity contribution < 1.29 is 21.7 Å². The summed E-state index contributed by atoms with van der Waals surface area (Å²) in [6.45, 7) is 6.62. The van der Waals surface area contributed by atoms with E-state index in [9.17, 15) is 0 Å². The van der Waals surface area contributed by atoms with E-state index < -0.39 is 8.07 Å². The third-order valence-electron chi connectivity index (χ3n) is 6.67. The summed E-state index contributed by atoms with van der Waals surface area (Å²) in [5.74, 6) is 0. The van der Waals surface area contributed by atoms with Crippen molar-refractivity contribution in [2.24, 2.45) is 0 Å². The third-order valence-corrected chi connectivity index (χ3v) is 11.5. The van der Waals surface area contributed by atoms with Crippen molar-refractivity contribution in [3.63, 3.8) is 0 Å². The van der Waals surface area contributed by atoms with Gasteiger partial charge in [-0.05, 0) is 20.8 Å². The second kappa shape index (κ2) is 14.4. The maximum Gasteiger partial charge on any atom is 0.123 e. The van der Waals surface area contributed by atoms with Crippen LogP contribution in [-0.4, -0.2) is 8.07 Å². The third kappa shape index (κ3) is 6.42.